The first-order chi connectivity index (χ1) is 16.0. The number of hydrogen-bond donors (Lipinski definition) is 2. The van der Waals surface area contributed by atoms with Gasteiger partial charge in [-0.2, -0.15) is 0 Å². The van der Waals surface area contributed by atoms with Gasteiger partial charge in [0.25, 0.3) is 11.7 Å². The van der Waals surface area contributed by atoms with Crippen molar-refractivity contribution in [2.24, 2.45) is 0 Å². The summed E-state index contributed by atoms with van der Waals surface area (Å²) in [6.45, 7) is 1.96. The average molecular weight is 438 g/mol. The molecule has 33 heavy (non-hydrogen) atoms. The first kappa shape index (κ1) is 20.6. The normalized spacial score (nSPS) is 17.6. The third-order valence-corrected chi connectivity index (χ3v) is 6.02. The maximum absolute atomic E-state index is 13.3. The van der Waals surface area contributed by atoms with E-state index in [2.05, 4.69) is 4.98 Å². The Bertz CT molecular complexity index is 1420. The molecular weight excluding hydrogens is 416 g/mol. The van der Waals surface area contributed by atoms with Crippen molar-refractivity contribution in [2.45, 2.75) is 13.0 Å². The number of amides is 1. The quantitative estimate of drug-likeness (QED) is 0.263. The van der Waals surface area contributed by atoms with E-state index in [0.29, 0.717) is 17.0 Å². The second-order valence-corrected chi connectivity index (χ2v) is 8.03. The Morgan fingerprint density at radius 1 is 1.00 bits per heavy atom. The third kappa shape index (κ3) is 3.36. The van der Waals surface area contributed by atoms with Crippen LogP contribution >= 0.6 is 0 Å². The lowest BCUT2D eigenvalue weighted by Gasteiger charge is -2.25. The second-order valence-electron chi connectivity index (χ2n) is 8.03. The molecule has 1 amide bonds. The van der Waals surface area contributed by atoms with Crippen LogP contribution in [0.1, 0.15) is 22.7 Å². The summed E-state index contributed by atoms with van der Waals surface area (Å²) in [7, 11) is 1.53. The Labute approximate surface area is 190 Å². The number of nitrogens with one attached hydrogen (secondary N) is 1. The number of hydrogen-bond acceptors (Lipinski definition) is 4. The molecule has 164 valence electrons. The molecule has 1 aromatic heterocycles. The van der Waals surface area contributed by atoms with E-state index in [1.54, 1.807) is 30.5 Å². The largest absolute Gasteiger partial charge is 0.507 e. The van der Waals surface area contributed by atoms with E-state index in [9.17, 15) is 14.7 Å². The number of aryl methyl sites for hydroxylation is 1. The highest BCUT2D eigenvalue weighted by atomic mass is 16.5. The van der Waals surface area contributed by atoms with Crippen LogP contribution in [0.25, 0.3) is 16.7 Å². The number of anilines is 1. The highest BCUT2D eigenvalue weighted by molar-refractivity contribution is 6.51. The van der Waals surface area contributed by atoms with Crippen LogP contribution in [0, 0.1) is 6.92 Å². The summed E-state index contributed by atoms with van der Waals surface area (Å²) in [5.74, 6) is -1.11. The predicted octanol–water partition coefficient (Wildman–Crippen LogP) is 5.11. The molecule has 2 heterocycles. The zero-order valence-corrected chi connectivity index (χ0v) is 18.2. The lowest BCUT2D eigenvalue weighted by molar-refractivity contribution is -0.132. The van der Waals surface area contributed by atoms with Gasteiger partial charge in [0.1, 0.15) is 11.5 Å². The summed E-state index contributed by atoms with van der Waals surface area (Å²) in [5.41, 5.74) is 3.68. The van der Waals surface area contributed by atoms with E-state index in [-0.39, 0.29) is 11.3 Å². The van der Waals surface area contributed by atoms with Crippen LogP contribution in [-0.2, 0) is 9.59 Å². The summed E-state index contributed by atoms with van der Waals surface area (Å²) in [4.78, 5) is 31.3. The number of benzene rings is 3. The highest BCUT2D eigenvalue weighted by Gasteiger charge is 2.47. The fourth-order valence-electron chi connectivity index (χ4n) is 4.34. The molecule has 0 radical (unpaired) electrons. The number of nitrogens with zero attached hydrogens (tertiary/aromatic N) is 1. The van der Waals surface area contributed by atoms with Gasteiger partial charge in [-0.1, -0.05) is 48.0 Å². The molecule has 1 fully saturated rings. The number of rotatable bonds is 4. The van der Waals surface area contributed by atoms with Gasteiger partial charge in [-0.25, -0.2) is 0 Å². The summed E-state index contributed by atoms with van der Waals surface area (Å²) in [5, 5.41) is 12.2. The first-order valence-corrected chi connectivity index (χ1v) is 10.6. The van der Waals surface area contributed by atoms with Gasteiger partial charge in [-0.15, -0.1) is 0 Å². The van der Waals surface area contributed by atoms with Crippen molar-refractivity contribution in [1.82, 2.24) is 4.98 Å². The van der Waals surface area contributed by atoms with Gasteiger partial charge in [-0.05, 0) is 37.3 Å². The van der Waals surface area contributed by atoms with E-state index >= 15 is 0 Å². The van der Waals surface area contributed by atoms with E-state index in [1.165, 1.54) is 12.0 Å². The molecule has 5 rings (SSSR count). The van der Waals surface area contributed by atoms with Gasteiger partial charge >= 0.3 is 0 Å². The molecule has 0 saturated carbocycles. The Balaban J connectivity index is 1.77. The number of methoxy groups -OCH3 is 1. The van der Waals surface area contributed by atoms with Crippen molar-refractivity contribution in [3.8, 4) is 5.75 Å². The zero-order valence-electron chi connectivity index (χ0n) is 18.2. The second kappa shape index (κ2) is 7.98. The van der Waals surface area contributed by atoms with Crippen LogP contribution in [0.5, 0.6) is 5.75 Å². The fourth-order valence-corrected chi connectivity index (χ4v) is 4.34. The molecular formula is C27H22N2O4. The molecule has 1 aliphatic rings. The van der Waals surface area contributed by atoms with Gasteiger partial charge < -0.3 is 14.8 Å². The number of ketones is 1. The number of carbonyl (C=O) groups excluding carboxylic acids is 2. The number of H-pyrrole nitrogens is 1. The van der Waals surface area contributed by atoms with Crippen LogP contribution in [0.15, 0.2) is 84.6 Å². The number of Topliss-reactive ketones (excluding diaryl/α,β-unsaturated/α-hetero) is 1. The fraction of sp³-hybridized carbons (Fsp3) is 0.111. The Morgan fingerprint density at radius 2 is 1.76 bits per heavy atom. The van der Waals surface area contributed by atoms with Crippen molar-refractivity contribution in [3.63, 3.8) is 0 Å². The van der Waals surface area contributed by atoms with Crippen LogP contribution < -0.4 is 9.64 Å². The van der Waals surface area contributed by atoms with Gasteiger partial charge in [0.15, 0.2) is 0 Å². The minimum absolute atomic E-state index is 0.0404. The number of ether oxygens (including phenoxy) is 1. The van der Waals surface area contributed by atoms with E-state index in [0.717, 1.165) is 22.0 Å². The highest BCUT2D eigenvalue weighted by Crippen LogP contribution is 2.44. The zero-order chi connectivity index (χ0) is 23.1. The van der Waals surface area contributed by atoms with Crippen LogP contribution in [0.2, 0.25) is 0 Å². The van der Waals surface area contributed by atoms with Crippen LogP contribution in [0.3, 0.4) is 0 Å². The molecule has 1 saturated heterocycles. The van der Waals surface area contributed by atoms with Crippen molar-refractivity contribution in [3.05, 3.63) is 101 Å². The maximum Gasteiger partial charge on any atom is 0.300 e. The average Bonchev–Trinajstić information content (AvgIpc) is 3.38. The SMILES string of the molecule is COc1cccc(/C(O)=C2\C(=O)C(=O)N(c3ccc(C)cc3)C2c2c[nH]c3ccccc23)c1. The lowest BCUT2D eigenvalue weighted by atomic mass is 9.94. The minimum atomic E-state index is -0.796. The number of fused-ring (bicyclic) bond motifs is 1. The lowest BCUT2D eigenvalue weighted by Crippen LogP contribution is -2.29. The molecule has 1 unspecified atom stereocenters. The third-order valence-electron chi connectivity index (χ3n) is 6.02. The summed E-state index contributed by atoms with van der Waals surface area (Å²) >= 11 is 0. The minimum Gasteiger partial charge on any atom is -0.507 e. The molecule has 0 aliphatic carbocycles. The van der Waals surface area contributed by atoms with Crippen molar-refractivity contribution in [1.29, 1.82) is 0 Å². The number of carbonyl (C=O) groups is 2. The first-order valence-electron chi connectivity index (χ1n) is 10.6. The van der Waals surface area contributed by atoms with E-state index < -0.39 is 17.7 Å². The number of aromatic nitrogens is 1. The van der Waals surface area contributed by atoms with Gasteiger partial charge in [0.05, 0.1) is 18.7 Å². The molecule has 2 N–H and O–H groups in total. The molecule has 1 atom stereocenters. The molecule has 1 aliphatic heterocycles. The number of aliphatic hydroxyl groups excluding tert-OH is 1. The summed E-state index contributed by atoms with van der Waals surface area (Å²) in [6, 6.07) is 21.1. The summed E-state index contributed by atoms with van der Waals surface area (Å²) < 4.78 is 5.27. The standard InChI is InChI=1S/C27H22N2O4/c1-16-10-12-18(13-11-16)29-24(21-15-28-22-9-4-3-8-20(21)22)23(26(31)27(29)32)25(30)17-6-5-7-19(14-17)33-2/h3-15,24,28,30H,1-2H3/b25-23+. The molecule has 6 nitrogen and oxygen atoms in total. The van der Waals surface area contributed by atoms with Crippen molar-refractivity contribution in [2.75, 3.05) is 12.0 Å². The maximum atomic E-state index is 13.3. The Hall–Kier alpha value is -4.32. The number of para-hydroxylation sites is 1. The molecule has 4 aromatic rings. The molecule has 3 aromatic carbocycles. The predicted molar refractivity (Wildman–Crippen MR) is 127 cm³/mol. The summed E-state index contributed by atoms with van der Waals surface area (Å²) in [6.07, 6.45) is 1.79. The van der Waals surface area contributed by atoms with Crippen molar-refractivity contribution < 1.29 is 19.4 Å². The van der Waals surface area contributed by atoms with Gasteiger partial charge in [0, 0.05) is 33.9 Å². The Morgan fingerprint density at radius 3 is 2.52 bits per heavy atom. The van der Waals surface area contributed by atoms with Gasteiger partial charge in [0.2, 0.25) is 0 Å². The molecule has 0 spiro atoms. The van der Waals surface area contributed by atoms with Crippen molar-refractivity contribution >= 4 is 34.0 Å². The molecule has 0 bridgehead atoms. The Kier molecular flexibility index (Phi) is 4.98. The van der Waals surface area contributed by atoms with Crippen LogP contribution in [0.4, 0.5) is 5.69 Å². The smallest absolute Gasteiger partial charge is 0.300 e. The molecule has 6 heteroatoms. The number of aromatic amines is 1. The van der Waals surface area contributed by atoms with Gasteiger partial charge in [-0.3, -0.25) is 14.5 Å². The van der Waals surface area contributed by atoms with E-state index in [1.807, 2.05) is 55.5 Å². The monoisotopic (exact) mass is 438 g/mol. The topological polar surface area (TPSA) is 82.6 Å². The number of aliphatic hydroxyl groups is 1. The van der Waals surface area contributed by atoms with Crippen LogP contribution in [-0.4, -0.2) is 28.9 Å². The van der Waals surface area contributed by atoms with E-state index in [4.69, 9.17) is 4.74 Å².